The van der Waals surface area contributed by atoms with Crippen molar-refractivity contribution in [2.24, 2.45) is 4.99 Å². The van der Waals surface area contributed by atoms with Gasteiger partial charge in [-0.1, -0.05) is 24.3 Å². The summed E-state index contributed by atoms with van der Waals surface area (Å²) in [6.45, 7) is 3.89. The van der Waals surface area contributed by atoms with E-state index in [2.05, 4.69) is 15.6 Å². The van der Waals surface area contributed by atoms with Crippen LogP contribution in [0.4, 0.5) is 4.39 Å². The molecule has 138 valence electrons. The summed E-state index contributed by atoms with van der Waals surface area (Å²) >= 11 is 0. The van der Waals surface area contributed by atoms with Gasteiger partial charge in [-0.05, 0) is 31.2 Å². The molecule has 0 aliphatic rings. The Morgan fingerprint density at radius 1 is 1.19 bits per heavy atom. The lowest BCUT2D eigenvalue weighted by Gasteiger charge is -2.12. The molecule has 0 aliphatic heterocycles. The smallest absolute Gasteiger partial charge is 0.191 e. The van der Waals surface area contributed by atoms with E-state index in [9.17, 15) is 4.39 Å². The summed E-state index contributed by atoms with van der Waals surface area (Å²) in [5, 5.41) is 15.0. The molecule has 7 heteroatoms. The average molecular weight is 468 g/mol. The van der Waals surface area contributed by atoms with Gasteiger partial charge in [0.1, 0.15) is 18.2 Å². The number of para-hydroxylation sites is 1. The minimum Gasteiger partial charge on any atom is -0.492 e. The first kappa shape index (κ1) is 21.7. The van der Waals surface area contributed by atoms with Crippen LogP contribution in [-0.4, -0.2) is 25.7 Å². The summed E-state index contributed by atoms with van der Waals surface area (Å²) in [5.74, 6) is 0.972. The van der Waals surface area contributed by atoms with E-state index < -0.39 is 5.82 Å². The van der Waals surface area contributed by atoms with Crippen LogP contribution in [0, 0.1) is 17.1 Å². The van der Waals surface area contributed by atoms with Gasteiger partial charge in [0, 0.05) is 12.1 Å². The van der Waals surface area contributed by atoms with Crippen molar-refractivity contribution in [3.63, 3.8) is 0 Å². The largest absolute Gasteiger partial charge is 0.492 e. The van der Waals surface area contributed by atoms with Gasteiger partial charge in [0.25, 0.3) is 0 Å². The summed E-state index contributed by atoms with van der Waals surface area (Å²) in [6, 6.07) is 15.9. The van der Waals surface area contributed by atoms with Crippen LogP contribution in [-0.2, 0) is 6.54 Å². The zero-order valence-electron chi connectivity index (χ0n) is 14.5. The fourth-order valence-electron chi connectivity index (χ4n) is 2.11. The minimum atomic E-state index is -0.425. The van der Waals surface area contributed by atoms with Gasteiger partial charge >= 0.3 is 0 Å². The van der Waals surface area contributed by atoms with Crippen LogP contribution < -0.4 is 15.4 Å². The number of hydrogen-bond acceptors (Lipinski definition) is 3. The van der Waals surface area contributed by atoms with Crippen LogP contribution in [0.3, 0.4) is 0 Å². The van der Waals surface area contributed by atoms with E-state index in [1.54, 1.807) is 12.1 Å². The van der Waals surface area contributed by atoms with Gasteiger partial charge in [0.2, 0.25) is 0 Å². The molecule has 5 nitrogen and oxygen atoms in total. The number of halogens is 2. The number of nitrogens with one attached hydrogen (secondary N) is 2. The van der Waals surface area contributed by atoms with Crippen LogP contribution >= 0.6 is 24.0 Å². The maximum atomic E-state index is 13.9. The van der Waals surface area contributed by atoms with Crippen LogP contribution in [0.2, 0.25) is 0 Å². The normalized spacial score (nSPS) is 10.4. The van der Waals surface area contributed by atoms with E-state index >= 15 is 0 Å². The topological polar surface area (TPSA) is 69.4 Å². The van der Waals surface area contributed by atoms with Crippen molar-refractivity contribution in [3.05, 3.63) is 65.5 Å². The molecule has 0 amide bonds. The lowest BCUT2D eigenvalue weighted by Crippen LogP contribution is -2.39. The monoisotopic (exact) mass is 468 g/mol. The van der Waals surface area contributed by atoms with E-state index in [-0.39, 0.29) is 30.5 Å². The second-order valence-electron chi connectivity index (χ2n) is 5.20. The fraction of sp³-hybridized carbons (Fsp3) is 0.263. The predicted molar refractivity (Wildman–Crippen MR) is 111 cm³/mol. The Labute approximate surface area is 170 Å². The summed E-state index contributed by atoms with van der Waals surface area (Å²) in [7, 11) is 0. The molecule has 0 radical (unpaired) electrons. The Kier molecular flexibility index (Phi) is 10.1. The predicted octanol–water partition coefficient (Wildman–Crippen LogP) is 3.45. The summed E-state index contributed by atoms with van der Waals surface area (Å²) < 4.78 is 19.5. The van der Waals surface area contributed by atoms with Gasteiger partial charge in [0.15, 0.2) is 5.96 Å². The molecule has 0 aliphatic carbocycles. The van der Waals surface area contributed by atoms with Gasteiger partial charge in [-0.3, -0.25) is 0 Å². The van der Waals surface area contributed by atoms with Crippen molar-refractivity contribution >= 4 is 29.9 Å². The first-order valence-corrected chi connectivity index (χ1v) is 8.11. The Hall–Kier alpha value is -2.34. The number of hydrogen-bond donors (Lipinski definition) is 2. The molecule has 2 aromatic rings. The fourth-order valence-corrected chi connectivity index (χ4v) is 2.11. The lowest BCUT2D eigenvalue weighted by molar-refractivity contribution is 0.322. The van der Waals surface area contributed by atoms with Crippen LogP contribution in [0.25, 0.3) is 0 Å². The highest BCUT2D eigenvalue weighted by Gasteiger charge is 2.04. The molecule has 0 spiro atoms. The van der Waals surface area contributed by atoms with E-state index in [4.69, 9.17) is 10.00 Å². The third-order valence-corrected chi connectivity index (χ3v) is 3.34. The molecule has 0 fully saturated rings. The van der Waals surface area contributed by atoms with Crippen molar-refractivity contribution in [2.45, 2.75) is 13.5 Å². The van der Waals surface area contributed by atoms with Crippen LogP contribution in [0.15, 0.2) is 53.5 Å². The molecule has 0 unspecified atom stereocenters. The number of aliphatic imine (C=N–C) groups is 1. The number of ether oxygens (including phenoxy) is 1. The van der Waals surface area contributed by atoms with Crippen molar-refractivity contribution in [3.8, 4) is 11.8 Å². The van der Waals surface area contributed by atoms with Crippen molar-refractivity contribution in [2.75, 3.05) is 19.7 Å². The molecular formula is C19H22FIN4O. The van der Waals surface area contributed by atoms with Gasteiger partial charge in [-0.2, -0.15) is 5.26 Å². The summed E-state index contributed by atoms with van der Waals surface area (Å²) in [5.41, 5.74) is 0.741. The number of rotatable bonds is 7. The molecule has 0 saturated carbocycles. The molecule has 2 rings (SSSR count). The van der Waals surface area contributed by atoms with Gasteiger partial charge < -0.3 is 15.4 Å². The zero-order chi connectivity index (χ0) is 17.9. The number of nitriles is 1. The Morgan fingerprint density at radius 3 is 2.62 bits per heavy atom. The van der Waals surface area contributed by atoms with Crippen molar-refractivity contribution in [1.82, 2.24) is 10.6 Å². The minimum absolute atomic E-state index is 0. The van der Waals surface area contributed by atoms with Crippen LogP contribution in [0.5, 0.6) is 5.75 Å². The average Bonchev–Trinajstić information content (AvgIpc) is 2.64. The third kappa shape index (κ3) is 7.27. The maximum absolute atomic E-state index is 13.9. The maximum Gasteiger partial charge on any atom is 0.191 e. The molecule has 0 aromatic heterocycles. The van der Waals surface area contributed by atoms with E-state index in [0.29, 0.717) is 36.8 Å². The number of guanidine groups is 1. The van der Waals surface area contributed by atoms with Gasteiger partial charge in [-0.15, -0.1) is 24.0 Å². The second kappa shape index (κ2) is 12.1. The number of nitrogens with zero attached hydrogens (tertiary/aromatic N) is 2. The zero-order valence-corrected chi connectivity index (χ0v) is 16.9. The van der Waals surface area contributed by atoms with E-state index in [1.165, 1.54) is 6.07 Å². The van der Waals surface area contributed by atoms with E-state index in [1.807, 2.05) is 43.3 Å². The highest BCUT2D eigenvalue weighted by Crippen LogP contribution is 2.11. The Balaban J connectivity index is 0.00000338. The first-order valence-electron chi connectivity index (χ1n) is 8.11. The highest BCUT2D eigenvalue weighted by molar-refractivity contribution is 14.0. The Bertz CT molecular complexity index is 747. The van der Waals surface area contributed by atoms with Crippen LogP contribution in [0.1, 0.15) is 18.1 Å². The van der Waals surface area contributed by atoms with Crippen molar-refractivity contribution in [1.29, 1.82) is 5.26 Å². The molecule has 2 aromatic carbocycles. The summed E-state index contributed by atoms with van der Waals surface area (Å²) in [4.78, 5) is 4.36. The molecular weight excluding hydrogens is 446 g/mol. The van der Waals surface area contributed by atoms with Gasteiger partial charge in [-0.25, -0.2) is 9.38 Å². The first-order chi connectivity index (χ1) is 12.2. The SMILES string of the molecule is CCNC(=NCc1ccc(C#N)cc1F)NCCOc1ccccc1.I. The third-order valence-electron chi connectivity index (χ3n) is 3.34. The molecule has 0 atom stereocenters. The second-order valence-corrected chi connectivity index (χ2v) is 5.20. The van der Waals surface area contributed by atoms with E-state index in [0.717, 1.165) is 5.75 Å². The molecule has 26 heavy (non-hydrogen) atoms. The molecule has 2 N–H and O–H groups in total. The number of benzene rings is 2. The molecule has 0 heterocycles. The standard InChI is InChI=1S/C19H21FN4O.HI/c1-2-22-19(23-10-11-25-17-6-4-3-5-7-17)24-14-16-9-8-15(13-21)12-18(16)20;/h3-9,12H,2,10-11,14H2,1H3,(H2,22,23,24);1H. The van der Waals surface area contributed by atoms with Gasteiger partial charge in [0.05, 0.1) is 24.7 Å². The lowest BCUT2D eigenvalue weighted by atomic mass is 10.1. The quantitative estimate of drug-likeness (QED) is 0.283. The summed E-state index contributed by atoms with van der Waals surface area (Å²) in [6.07, 6.45) is 0. The molecule has 0 saturated heterocycles. The highest BCUT2D eigenvalue weighted by atomic mass is 127. The molecule has 0 bridgehead atoms. The Morgan fingerprint density at radius 2 is 1.96 bits per heavy atom. The van der Waals surface area contributed by atoms with Crippen molar-refractivity contribution < 1.29 is 9.13 Å².